The number of hydrogen-bond donors (Lipinski definition) is 0. The van der Waals surface area contributed by atoms with Crippen LogP contribution in [0.1, 0.15) is 40.5 Å². The number of carbonyl (C=O) groups excluding carboxylic acids is 1. The second-order valence-electron chi connectivity index (χ2n) is 6.57. The number of esters is 1. The van der Waals surface area contributed by atoms with Crippen LogP contribution in [0.2, 0.25) is 0 Å². The molecule has 0 aliphatic heterocycles. The highest BCUT2D eigenvalue weighted by molar-refractivity contribution is 5.98. The number of rotatable bonds is 4. The van der Waals surface area contributed by atoms with E-state index in [4.69, 9.17) is 9.15 Å². The third-order valence-electron chi connectivity index (χ3n) is 4.63. The van der Waals surface area contributed by atoms with E-state index in [0.717, 1.165) is 22.0 Å². The second kappa shape index (κ2) is 7.23. The number of fused-ring (bicyclic) bond motifs is 1. The first-order valence-corrected chi connectivity index (χ1v) is 9.00. The van der Waals surface area contributed by atoms with Crippen molar-refractivity contribution in [2.24, 2.45) is 0 Å². The Hall–Kier alpha value is -3.54. The molecule has 0 N–H and O–H groups in total. The highest BCUT2D eigenvalue weighted by Gasteiger charge is 2.23. The molecule has 1 atom stereocenters. The minimum Gasteiger partial charge on any atom is -0.449 e. The smallest absolute Gasteiger partial charge is 0.341 e. The number of aromatic nitrogens is 3. The summed E-state index contributed by atoms with van der Waals surface area (Å²) in [6.45, 7) is 5.42. The molecule has 0 aliphatic rings. The molecule has 4 aromatic rings. The Morgan fingerprint density at radius 1 is 1.00 bits per heavy atom. The van der Waals surface area contributed by atoms with Gasteiger partial charge in [-0.2, -0.15) is 0 Å². The van der Waals surface area contributed by atoms with Crippen LogP contribution in [0.3, 0.4) is 0 Å². The summed E-state index contributed by atoms with van der Waals surface area (Å²) in [5.74, 6) is 0.176. The van der Waals surface area contributed by atoms with E-state index in [1.165, 1.54) is 0 Å². The van der Waals surface area contributed by atoms with E-state index in [0.29, 0.717) is 17.1 Å². The molecular formula is C22H19N3O3. The van der Waals surface area contributed by atoms with Gasteiger partial charge in [0.15, 0.2) is 6.10 Å². The van der Waals surface area contributed by atoms with E-state index in [1.54, 1.807) is 13.8 Å². The van der Waals surface area contributed by atoms with Gasteiger partial charge in [-0.25, -0.2) is 4.79 Å². The lowest BCUT2D eigenvalue weighted by molar-refractivity contribution is 0.0278. The van der Waals surface area contributed by atoms with Crippen molar-refractivity contribution in [1.82, 2.24) is 15.2 Å². The molecule has 2 aromatic heterocycles. The number of ether oxygens (including phenoxy) is 1. The molecule has 0 saturated carbocycles. The minimum absolute atomic E-state index is 0.247. The summed E-state index contributed by atoms with van der Waals surface area (Å²) in [4.78, 5) is 17.4. The average Bonchev–Trinajstić information content (AvgIpc) is 3.19. The maximum absolute atomic E-state index is 12.8. The molecule has 6 nitrogen and oxygen atoms in total. The Bertz CT molecular complexity index is 1150. The molecule has 2 aromatic carbocycles. The normalized spacial score (nSPS) is 12.1. The van der Waals surface area contributed by atoms with Gasteiger partial charge in [-0.15, -0.1) is 10.2 Å². The van der Waals surface area contributed by atoms with E-state index in [9.17, 15) is 4.79 Å². The number of aryl methyl sites for hydroxylation is 2. The van der Waals surface area contributed by atoms with Crippen LogP contribution in [0.5, 0.6) is 0 Å². The van der Waals surface area contributed by atoms with Crippen LogP contribution in [0, 0.1) is 13.8 Å². The van der Waals surface area contributed by atoms with Gasteiger partial charge >= 0.3 is 5.97 Å². The zero-order chi connectivity index (χ0) is 19.7. The molecule has 0 bridgehead atoms. The van der Waals surface area contributed by atoms with Gasteiger partial charge in [0.1, 0.15) is 0 Å². The zero-order valence-corrected chi connectivity index (χ0v) is 15.8. The van der Waals surface area contributed by atoms with Crippen LogP contribution >= 0.6 is 0 Å². The van der Waals surface area contributed by atoms with Crippen LogP contribution in [0.4, 0.5) is 0 Å². The highest BCUT2D eigenvalue weighted by atomic mass is 16.6. The largest absolute Gasteiger partial charge is 0.449 e. The molecule has 0 saturated heterocycles. The van der Waals surface area contributed by atoms with Crippen molar-refractivity contribution in [3.63, 3.8) is 0 Å². The van der Waals surface area contributed by atoms with Gasteiger partial charge in [0.2, 0.25) is 5.89 Å². The number of nitrogens with zero attached hydrogens (tertiary/aromatic N) is 3. The first-order chi connectivity index (χ1) is 13.5. The monoisotopic (exact) mass is 373 g/mol. The summed E-state index contributed by atoms with van der Waals surface area (Å²) in [5.41, 5.74) is 3.60. The number of para-hydroxylation sites is 1. The van der Waals surface area contributed by atoms with E-state index in [2.05, 4.69) is 15.2 Å². The first-order valence-electron chi connectivity index (χ1n) is 9.00. The summed E-state index contributed by atoms with van der Waals surface area (Å²) in [5, 5.41) is 9.00. The Morgan fingerprint density at radius 2 is 1.71 bits per heavy atom. The summed E-state index contributed by atoms with van der Waals surface area (Å²) < 4.78 is 11.3. The van der Waals surface area contributed by atoms with E-state index < -0.39 is 12.1 Å². The second-order valence-corrected chi connectivity index (χ2v) is 6.57. The fraction of sp³-hybridized carbons (Fsp3) is 0.182. The van der Waals surface area contributed by atoms with E-state index in [1.807, 2.05) is 61.5 Å². The van der Waals surface area contributed by atoms with Crippen molar-refractivity contribution in [3.05, 3.63) is 77.3 Å². The summed E-state index contributed by atoms with van der Waals surface area (Å²) >= 11 is 0. The van der Waals surface area contributed by atoms with Crippen molar-refractivity contribution >= 4 is 16.9 Å². The third-order valence-corrected chi connectivity index (χ3v) is 4.63. The number of hydrogen-bond acceptors (Lipinski definition) is 6. The lowest BCUT2D eigenvalue weighted by atomic mass is 10.0. The van der Waals surface area contributed by atoms with Gasteiger partial charge in [0.05, 0.1) is 16.8 Å². The molecule has 2 heterocycles. The third kappa shape index (κ3) is 3.24. The predicted octanol–water partition coefficient (Wildman–Crippen LogP) is 4.82. The van der Waals surface area contributed by atoms with Gasteiger partial charge in [-0.1, -0.05) is 36.4 Å². The van der Waals surface area contributed by atoms with Crippen molar-refractivity contribution < 1.29 is 13.9 Å². The molecule has 0 aliphatic carbocycles. The Morgan fingerprint density at radius 3 is 2.50 bits per heavy atom. The van der Waals surface area contributed by atoms with Crippen molar-refractivity contribution in [3.8, 4) is 11.5 Å². The molecule has 0 spiro atoms. The summed E-state index contributed by atoms with van der Waals surface area (Å²) in [6.07, 6.45) is -0.678. The molecule has 0 fully saturated rings. The fourth-order valence-corrected chi connectivity index (χ4v) is 3.20. The number of carbonyl (C=O) groups is 1. The topological polar surface area (TPSA) is 78.1 Å². The van der Waals surface area contributed by atoms with Gasteiger partial charge in [0, 0.05) is 10.9 Å². The Kier molecular flexibility index (Phi) is 4.61. The molecule has 0 amide bonds. The Labute approximate surface area is 162 Å². The molecule has 140 valence electrons. The Balaban J connectivity index is 1.59. The SMILES string of the molecule is Cc1nc2ccccc2c(C)c1C(=O)O[C@H](C)c1nnc(-c2ccccc2)o1. The lowest BCUT2D eigenvalue weighted by Gasteiger charge is -2.14. The zero-order valence-electron chi connectivity index (χ0n) is 15.8. The van der Waals surface area contributed by atoms with Gasteiger partial charge in [-0.05, 0) is 44.5 Å². The van der Waals surface area contributed by atoms with E-state index in [-0.39, 0.29) is 5.89 Å². The molecular weight excluding hydrogens is 354 g/mol. The summed E-state index contributed by atoms with van der Waals surface area (Å²) in [7, 11) is 0. The van der Waals surface area contributed by atoms with E-state index >= 15 is 0 Å². The predicted molar refractivity (Wildman–Crippen MR) is 105 cm³/mol. The lowest BCUT2D eigenvalue weighted by Crippen LogP contribution is -2.13. The maximum Gasteiger partial charge on any atom is 0.341 e. The number of pyridine rings is 1. The van der Waals surface area contributed by atoms with Crippen LogP contribution in [0.25, 0.3) is 22.4 Å². The van der Waals surface area contributed by atoms with Crippen molar-refractivity contribution in [2.75, 3.05) is 0 Å². The molecule has 6 heteroatoms. The van der Waals surface area contributed by atoms with Crippen LogP contribution in [-0.2, 0) is 4.74 Å². The van der Waals surface area contributed by atoms with Crippen molar-refractivity contribution in [1.29, 1.82) is 0 Å². The molecule has 4 rings (SSSR count). The van der Waals surface area contributed by atoms with Crippen molar-refractivity contribution in [2.45, 2.75) is 26.9 Å². The molecule has 28 heavy (non-hydrogen) atoms. The summed E-state index contributed by atoms with van der Waals surface area (Å²) in [6, 6.07) is 17.2. The fourth-order valence-electron chi connectivity index (χ4n) is 3.20. The first kappa shape index (κ1) is 17.9. The average molecular weight is 373 g/mol. The van der Waals surface area contributed by atoms with Crippen LogP contribution in [-0.4, -0.2) is 21.2 Å². The van der Waals surface area contributed by atoms with Gasteiger partial charge in [-0.3, -0.25) is 4.98 Å². The van der Waals surface area contributed by atoms with Gasteiger partial charge < -0.3 is 9.15 Å². The quantitative estimate of drug-likeness (QED) is 0.477. The van der Waals surface area contributed by atoms with Gasteiger partial charge in [0.25, 0.3) is 5.89 Å². The molecule has 0 unspecified atom stereocenters. The highest BCUT2D eigenvalue weighted by Crippen LogP contribution is 2.26. The standard InChI is InChI=1S/C22H19N3O3/c1-13-17-11-7-8-12-18(17)23-14(2)19(13)22(26)27-15(3)20-24-25-21(28-20)16-9-5-4-6-10-16/h4-12,15H,1-3H3/t15-/m1/s1. The van der Waals surface area contributed by atoms with Crippen LogP contribution < -0.4 is 0 Å². The van der Waals surface area contributed by atoms with Crippen LogP contribution in [0.15, 0.2) is 59.0 Å². The minimum atomic E-state index is -0.678. The maximum atomic E-state index is 12.8. The molecule has 0 radical (unpaired) electrons. The number of benzene rings is 2.